The van der Waals surface area contributed by atoms with Gasteiger partial charge in [-0.3, -0.25) is 9.69 Å². The van der Waals surface area contributed by atoms with E-state index >= 15 is 0 Å². The van der Waals surface area contributed by atoms with Crippen molar-refractivity contribution in [3.05, 3.63) is 70.1 Å². The van der Waals surface area contributed by atoms with Gasteiger partial charge in [0.25, 0.3) is 5.56 Å². The Morgan fingerprint density at radius 2 is 2.00 bits per heavy atom. The second-order valence-electron chi connectivity index (χ2n) is 5.87. The molecular weight excluding hydrogens is 292 g/mol. The highest BCUT2D eigenvalue weighted by atomic mass is 16.5. The Morgan fingerprint density at radius 1 is 1.22 bits per heavy atom. The smallest absolute Gasteiger partial charge is 0.254 e. The van der Waals surface area contributed by atoms with Crippen LogP contribution < -0.4 is 5.56 Å². The molecule has 0 saturated carbocycles. The van der Waals surface area contributed by atoms with E-state index in [9.17, 15) is 9.90 Å². The van der Waals surface area contributed by atoms with Crippen LogP contribution in [0.25, 0.3) is 0 Å². The molecule has 23 heavy (non-hydrogen) atoms. The van der Waals surface area contributed by atoms with Crippen LogP contribution in [0.3, 0.4) is 0 Å². The molecule has 1 saturated heterocycles. The van der Waals surface area contributed by atoms with Gasteiger partial charge in [-0.1, -0.05) is 36.4 Å². The van der Waals surface area contributed by atoms with E-state index in [0.29, 0.717) is 13.2 Å². The van der Waals surface area contributed by atoms with E-state index < -0.39 is 0 Å². The van der Waals surface area contributed by atoms with E-state index in [4.69, 9.17) is 4.74 Å². The predicted octanol–water partition coefficient (Wildman–Crippen LogP) is 1.32. The van der Waals surface area contributed by atoms with Gasteiger partial charge in [0.05, 0.1) is 19.3 Å². The average Bonchev–Trinajstić information content (AvgIpc) is 2.59. The van der Waals surface area contributed by atoms with Crippen LogP contribution in [0.4, 0.5) is 0 Å². The van der Waals surface area contributed by atoms with Crippen molar-refractivity contribution in [1.29, 1.82) is 0 Å². The fourth-order valence-electron chi connectivity index (χ4n) is 3.19. The molecule has 0 unspecified atom stereocenters. The number of benzene rings is 1. The molecule has 5 nitrogen and oxygen atoms in total. The first-order chi connectivity index (χ1) is 11.2. The molecule has 1 aliphatic heterocycles. The van der Waals surface area contributed by atoms with Crippen molar-refractivity contribution in [2.45, 2.75) is 18.7 Å². The largest absolute Gasteiger partial charge is 0.394 e. The van der Waals surface area contributed by atoms with E-state index in [0.717, 1.165) is 17.7 Å². The second kappa shape index (κ2) is 7.08. The highest BCUT2D eigenvalue weighted by Gasteiger charge is 2.33. The van der Waals surface area contributed by atoms with E-state index in [1.807, 2.05) is 42.5 Å². The Balaban J connectivity index is 1.92. The quantitative estimate of drug-likeness (QED) is 0.925. The molecule has 0 aliphatic carbocycles. The van der Waals surface area contributed by atoms with Crippen LogP contribution in [0.2, 0.25) is 0 Å². The number of aromatic nitrogens is 1. The van der Waals surface area contributed by atoms with Crippen molar-refractivity contribution in [3.8, 4) is 0 Å². The van der Waals surface area contributed by atoms with Gasteiger partial charge in [-0.05, 0) is 11.6 Å². The van der Waals surface area contributed by atoms with E-state index in [1.54, 1.807) is 17.8 Å². The zero-order valence-electron chi connectivity index (χ0n) is 13.3. The molecule has 5 heteroatoms. The highest BCUT2D eigenvalue weighted by molar-refractivity contribution is 5.22. The number of hydrogen-bond donors (Lipinski definition) is 1. The topological polar surface area (TPSA) is 54.7 Å². The summed E-state index contributed by atoms with van der Waals surface area (Å²) in [5, 5.41) is 9.69. The van der Waals surface area contributed by atoms with Gasteiger partial charge in [0.1, 0.15) is 6.10 Å². The number of ether oxygens (including phenoxy) is 1. The summed E-state index contributed by atoms with van der Waals surface area (Å²) in [5.74, 6) is 0. The highest BCUT2D eigenvalue weighted by Crippen LogP contribution is 2.30. The summed E-state index contributed by atoms with van der Waals surface area (Å²) in [5.41, 5.74) is 1.87. The molecule has 1 N–H and O–H groups in total. The standard InChI is InChI=1S/C18H22N2O3/c1-19-9-5-8-15(18(19)22)12-20-10-11-23-16(13-21)17(20)14-6-3-2-4-7-14/h2-9,16-17,21H,10-13H2,1H3/t16-,17-/m0/s1. The first kappa shape index (κ1) is 15.9. The van der Waals surface area contributed by atoms with Crippen molar-refractivity contribution in [3.63, 3.8) is 0 Å². The number of nitrogens with zero attached hydrogens (tertiary/aromatic N) is 2. The van der Waals surface area contributed by atoms with Gasteiger partial charge in [-0.2, -0.15) is 0 Å². The molecule has 2 aromatic rings. The molecule has 1 aromatic carbocycles. The molecule has 0 spiro atoms. The van der Waals surface area contributed by atoms with Gasteiger partial charge in [0.2, 0.25) is 0 Å². The summed E-state index contributed by atoms with van der Waals surface area (Å²) < 4.78 is 7.34. The van der Waals surface area contributed by atoms with Crippen molar-refractivity contribution in [1.82, 2.24) is 9.47 Å². The number of hydrogen-bond acceptors (Lipinski definition) is 4. The van der Waals surface area contributed by atoms with Crippen LogP contribution in [0.1, 0.15) is 17.2 Å². The Bertz CT molecular complexity index is 699. The Kier molecular flexibility index (Phi) is 4.91. The van der Waals surface area contributed by atoms with Crippen LogP contribution in [0.15, 0.2) is 53.5 Å². The minimum Gasteiger partial charge on any atom is -0.394 e. The van der Waals surface area contributed by atoms with Crippen molar-refractivity contribution in [2.75, 3.05) is 19.8 Å². The molecule has 0 bridgehead atoms. The SMILES string of the molecule is Cn1cccc(CN2CCO[C@@H](CO)[C@@H]2c2ccccc2)c1=O. The summed E-state index contributed by atoms with van der Waals surface area (Å²) in [4.78, 5) is 14.5. The molecule has 122 valence electrons. The average molecular weight is 314 g/mol. The Labute approximate surface area is 135 Å². The van der Waals surface area contributed by atoms with Crippen LogP contribution >= 0.6 is 0 Å². The molecule has 3 rings (SSSR count). The third-order valence-electron chi connectivity index (χ3n) is 4.35. The summed E-state index contributed by atoms with van der Waals surface area (Å²) in [6, 6.07) is 13.7. The van der Waals surface area contributed by atoms with Crippen LogP contribution in [-0.4, -0.2) is 40.4 Å². The van der Waals surface area contributed by atoms with Crippen molar-refractivity contribution in [2.24, 2.45) is 7.05 Å². The number of rotatable bonds is 4. The molecule has 2 atom stereocenters. The summed E-state index contributed by atoms with van der Waals surface area (Å²) >= 11 is 0. The van der Waals surface area contributed by atoms with Crippen LogP contribution in [0, 0.1) is 0 Å². The monoisotopic (exact) mass is 314 g/mol. The van der Waals surface area contributed by atoms with E-state index in [-0.39, 0.29) is 24.3 Å². The summed E-state index contributed by atoms with van der Waals surface area (Å²) in [7, 11) is 1.76. The summed E-state index contributed by atoms with van der Waals surface area (Å²) in [6.45, 7) is 1.80. The zero-order chi connectivity index (χ0) is 16.2. The molecule has 1 aliphatic rings. The number of morpholine rings is 1. The number of aliphatic hydroxyl groups is 1. The first-order valence-electron chi connectivity index (χ1n) is 7.86. The second-order valence-corrected chi connectivity index (χ2v) is 5.87. The fourth-order valence-corrected chi connectivity index (χ4v) is 3.19. The number of aliphatic hydroxyl groups excluding tert-OH is 1. The van der Waals surface area contributed by atoms with E-state index in [1.165, 1.54) is 0 Å². The lowest BCUT2D eigenvalue weighted by Gasteiger charge is -2.40. The third-order valence-corrected chi connectivity index (χ3v) is 4.35. The van der Waals surface area contributed by atoms with Gasteiger partial charge in [-0.15, -0.1) is 0 Å². The molecule has 1 fully saturated rings. The lowest BCUT2D eigenvalue weighted by atomic mass is 9.98. The van der Waals surface area contributed by atoms with Gasteiger partial charge in [-0.25, -0.2) is 0 Å². The number of aryl methyl sites for hydroxylation is 1. The molecule has 0 radical (unpaired) electrons. The molecular formula is C18H22N2O3. The maximum atomic E-state index is 12.3. The van der Waals surface area contributed by atoms with Crippen LogP contribution in [0.5, 0.6) is 0 Å². The van der Waals surface area contributed by atoms with Gasteiger partial charge >= 0.3 is 0 Å². The number of pyridine rings is 1. The lowest BCUT2D eigenvalue weighted by Crippen LogP contribution is -2.47. The molecule has 1 aromatic heterocycles. The predicted molar refractivity (Wildman–Crippen MR) is 88.1 cm³/mol. The minimum atomic E-state index is -0.279. The lowest BCUT2D eigenvalue weighted by molar-refractivity contribution is -0.0961. The van der Waals surface area contributed by atoms with Gasteiger partial charge in [0.15, 0.2) is 0 Å². The van der Waals surface area contributed by atoms with Crippen molar-refractivity contribution >= 4 is 0 Å². The normalized spacial score (nSPS) is 22.2. The minimum absolute atomic E-state index is 0.0198. The maximum absolute atomic E-state index is 12.3. The molecule has 2 heterocycles. The van der Waals surface area contributed by atoms with Gasteiger partial charge in [0, 0.05) is 31.9 Å². The van der Waals surface area contributed by atoms with E-state index in [2.05, 4.69) is 4.90 Å². The maximum Gasteiger partial charge on any atom is 0.254 e. The first-order valence-corrected chi connectivity index (χ1v) is 7.86. The van der Waals surface area contributed by atoms with Crippen molar-refractivity contribution < 1.29 is 9.84 Å². The molecule has 0 amide bonds. The van der Waals surface area contributed by atoms with Gasteiger partial charge < -0.3 is 14.4 Å². The Morgan fingerprint density at radius 3 is 2.74 bits per heavy atom. The summed E-state index contributed by atoms with van der Waals surface area (Å²) in [6.07, 6.45) is 1.48. The van der Waals surface area contributed by atoms with Crippen LogP contribution in [-0.2, 0) is 18.3 Å². The zero-order valence-corrected chi connectivity index (χ0v) is 13.3. The fraction of sp³-hybridized carbons (Fsp3) is 0.389. The third kappa shape index (κ3) is 3.37. The Hall–Kier alpha value is -1.95.